The number of thiocarbonyl (C=S) groups is 1. The van der Waals surface area contributed by atoms with Crippen LogP contribution in [0.5, 0.6) is 0 Å². The average molecular weight is 189 g/mol. The SMILES string of the molecule is C[N+](C)(C)C1CNC(C=S)CO1. The molecule has 2 unspecified atom stereocenters. The zero-order valence-electron chi connectivity index (χ0n) is 7.91. The molecule has 1 fully saturated rings. The van der Waals surface area contributed by atoms with Gasteiger partial charge in [0, 0.05) is 0 Å². The van der Waals surface area contributed by atoms with E-state index >= 15 is 0 Å². The fourth-order valence-electron chi connectivity index (χ4n) is 1.17. The highest BCUT2D eigenvalue weighted by molar-refractivity contribution is 7.79. The van der Waals surface area contributed by atoms with Crippen LogP contribution in [-0.2, 0) is 4.74 Å². The van der Waals surface area contributed by atoms with Gasteiger partial charge in [-0.1, -0.05) is 12.2 Å². The molecule has 1 heterocycles. The smallest absolute Gasteiger partial charge is 0.205 e. The Bertz CT molecular complexity index is 159. The largest absolute Gasteiger partial charge is 0.326 e. The van der Waals surface area contributed by atoms with Crippen molar-refractivity contribution in [1.82, 2.24) is 5.32 Å². The van der Waals surface area contributed by atoms with E-state index in [0.29, 0.717) is 6.61 Å². The highest BCUT2D eigenvalue weighted by atomic mass is 32.1. The maximum absolute atomic E-state index is 5.66. The van der Waals surface area contributed by atoms with Crippen molar-refractivity contribution >= 4 is 17.6 Å². The molecule has 70 valence electrons. The quantitative estimate of drug-likeness (QED) is 0.488. The second-order valence-electron chi connectivity index (χ2n) is 4.06. The summed E-state index contributed by atoms with van der Waals surface area (Å²) in [5, 5.41) is 5.05. The summed E-state index contributed by atoms with van der Waals surface area (Å²) in [5.41, 5.74) is 0. The molecule has 1 aliphatic heterocycles. The molecule has 1 N–H and O–H groups in total. The third kappa shape index (κ3) is 2.48. The number of likely N-dealkylation sites (N-methyl/N-ethyl adjacent to an activating group) is 1. The van der Waals surface area contributed by atoms with E-state index < -0.39 is 0 Å². The summed E-state index contributed by atoms with van der Waals surface area (Å²) >= 11 is 4.83. The first-order valence-electron chi connectivity index (χ1n) is 4.15. The summed E-state index contributed by atoms with van der Waals surface area (Å²) in [6.45, 7) is 1.57. The third-order valence-electron chi connectivity index (χ3n) is 2.05. The summed E-state index contributed by atoms with van der Waals surface area (Å²) in [7, 11) is 6.39. The van der Waals surface area contributed by atoms with Crippen molar-refractivity contribution < 1.29 is 9.22 Å². The van der Waals surface area contributed by atoms with Gasteiger partial charge in [0.1, 0.15) is 0 Å². The van der Waals surface area contributed by atoms with Crippen LogP contribution in [0.4, 0.5) is 0 Å². The van der Waals surface area contributed by atoms with E-state index in [9.17, 15) is 0 Å². The van der Waals surface area contributed by atoms with E-state index in [2.05, 4.69) is 26.5 Å². The number of morpholine rings is 1. The first-order chi connectivity index (χ1) is 5.54. The van der Waals surface area contributed by atoms with Gasteiger partial charge in [0.15, 0.2) is 0 Å². The zero-order chi connectivity index (χ0) is 9.19. The fourth-order valence-corrected chi connectivity index (χ4v) is 1.34. The van der Waals surface area contributed by atoms with Gasteiger partial charge >= 0.3 is 0 Å². The maximum atomic E-state index is 5.66. The molecule has 1 aliphatic rings. The Morgan fingerprint density at radius 2 is 2.17 bits per heavy atom. The molecule has 0 aromatic rings. The Morgan fingerprint density at radius 1 is 1.50 bits per heavy atom. The van der Waals surface area contributed by atoms with Crippen LogP contribution in [0, 0.1) is 0 Å². The Hall–Kier alpha value is -0.0300. The van der Waals surface area contributed by atoms with Crippen LogP contribution in [0.1, 0.15) is 0 Å². The van der Waals surface area contributed by atoms with Gasteiger partial charge < -0.3 is 9.22 Å². The van der Waals surface area contributed by atoms with Crippen LogP contribution in [-0.4, -0.2) is 56.4 Å². The monoisotopic (exact) mass is 189 g/mol. The summed E-state index contributed by atoms with van der Waals surface area (Å²) < 4.78 is 6.49. The minimum atomic E-state index is 0.246. The molecule has 0 aromatic carbocycles. The van der Waals surface area contributed by atoms with Gasteiger partial charge in [0.25, 0.3) is 0 Å². The molecule has 1 saturated heterocycles. The Kier molecular flexibility index (Phi) is 3.17. The standard InChI is InChI=1S/C8H17N2OS/c1-10(2,3)8-4-9-7(6-12)5-11-8/h6-9H,4-5H2,1-3H3/q+1. The lowest BCUT2D eigenvalue weighted by molar-refractivity contribution is -0.919. The van der Waals surface area contributed by atoms with Crippen molar-refractivity contribution in [2.45, 2.75) is 12.3 Å². The highest BCUT2D eigenvalue weighted by Gasteiger charge is 2.29. The van der Waals surface area contributed by atoms with E-state index in [0.717, 1.165) is 11.0 Å². The average Bonchev–Trinajstić information content (AvgIpc) is 2.03. The van der Waals surface area contributed by atoms with Crippen molar-refractivity contribution in [2.75, 3.05) is 34.3 Å². The van der Waals surface area contributed by atoms with Gasteiger partial charge in [-0.25, -0.2) is 0 Å². The molecule has 0 bridgehead atoms. The lowest BCUT2D eigenvalue weighted by Crippen LogP contribution is -2.58. The summed E-state index contributed by atoms with van der Waals surface area (Å²) in [5.74, 6) is 0. The molecule has 0 spiro atoms. The maximum Gasteiger partial charge on any atom is 0.205 e. The first-order valence-corrected chi connectivity index (χ1v) is 4.62. The molecule has 4 heteroatoms. The molecular formula is C8H17N2OS+. The summed E-state index contributed by atoms with van der Waals surface area (Å²) in [6.07, 6.45) is 0.246. The van der Waals surface area contributed by atoms with Gasteiger partial charge in [0.05, 0.1) is 40.3 Å². The highest BCUT2D eigenvalue weighted by Crippen LogP contribution is 2.08. The predicted molar refractivity (Wildman–Crippen MR) is 53.2 cm³/mol. The summed E-state index contributed by atoms with van der Waals surface area (Å²) in [6, 6.07) is 0.253. The van der Waals surface area contributed by atoms with Gasteiger partial charge in [-0.2, -0.15) is 0 Å². The molecule has 1 rings (SSSR count). The second-order valence-corrected chi connectivity index (χ2v) is 4.33. The second kappa shape index (κ2) is 3.79. The molecule has 0 amide bonds. The van der Waals surface area contributed by atoms with E-state index in [1.165, 1.54) is 0 Å². The molecule has 0 radical (unpaired) electrons. The van der Waals surface area contributed by atoms with Crippen LogP contribution in [0.2, 0.25) is 0 Å². The zero-order valence-corrected chi connectivity index (χ0v) is 8.73. The van der Waals surface area contributed by atoms with Crippen molar-refractivity contribution in [1.29, 1.82) is 0 Å². The van der Waals surface area contributed by atoms with E-state index in [4.69, 9.17) is 17.0 Å². The number of nitrogens with one attached hydrogen (secondary N) is 1. The van der Waals surface area contributed by atoms with Crippen molar-refractivity contribution in [3.8, 4) is 0 Å². The van der Waals surface area contributed by atoms with Gasteiger partial charge in [-0.3, -0.25) is 5.32 Å². The van der Waals surface area contributed by atoms with Crippen molar-refractivity contribution in [2.24, 2.45) is 0 Å². The van der Waals surface area contributed by atoms with Crippen LogP contribution in [0.3, 0.4) is 0 Å². The van der Waals surface area contributed by atoms with E-state index in [1.54, 1.807) is 5.37 Å². The topological polar surface area (TPSA) is 21.3 Å². The molecule has 3 nitrogen and oxygen atoms in total. The van der Waals surface area contributed by atoms with Crippen molar-refractivity contribution in [3.63, 3.8) is 0 Å². The number of hydrogen-bond acceptors (Lipinski definition) is 3. The number of nitrogens with zero attached hydrogens (tertiary/aromatic N) is 1. The molecule has 0 aromatic heterocycles. The molecular weight excluding hydrogens is 172 g/mol. The first kappa shape index (κ1) is 10.1. The number of hydrogen-bond donors (Lipinski definition) is 1. The van der Waals surface area contributed by atoms with E-state index in [1.807, 2.05) is 0 Å². The predicted octanol–water partition coefficient (Wildman–Crippen LogP) is 0.00680. The van der Waals surface area contributed by atoms with Gasteiger partial charge in [0.2, 0.25) is 6.23 Å². The van der Waals surface area contributed by atoms with Gasteiger partial charge in [-0.15, -0.1) is 0 Å². The Balaban J connectivity index is 2.41. The third-order valence-corrected chi connectivity index (χ3v) is 2.38. The van der Waals surface area contributed by atoms with Crippen LogP contribution in [0.15, 0.2) is 0 Å². The Morgan fingerprint density at radius 3 is 2.50 bits per heavy atom. The van der Waals surface area contributed by atoms with Gasteiger partial charge in [-0.05, 0) is 5.37 Å². The number of rotatable bonds is 2. The lowest BCUT2D eigenvalue weighted by Gasteiger charge is -2.38. The molecule has 0 aliphatic carbocycles. The minimum absolute atomic E-state index is 0.246. The Labute approximate surface area is 79.3 Å². The fraction of sp³-hybridized carbons (Fsp3) is 0.875. The molecule has 12 heavy (non-hydrogen) atoms. The number of ether oxygens (including phenoxy) is 1. The normalized spacial score (nSPS) is 31.6. The molecule has 0 saturated carbocycles. The van der Waals surface area contributed by atoms with Crippen LogP contribution < -0.4 is 5.32 Å². The number of quaternary nitrogens is 1. The van der Waals surface area contributed by atoms with Crippen LogP contribution >= 0.6 is 12.2 Å². The minimum Gasteiger partial charge on any atom is -0.326 e. The van der Waals surface area contributed by atoms with Crippen LogP contribution in [0.25, 0.3) is 0 Å². The lowest BCUT2D eigenvalue weighted by atomic mass is 10.3. The molecule has 2 atom stereocenters. The summed E-state index contributed by atoms with van der Waals surface area (Å²) in [4.78, 5) is 0. The van der Waals surface area contributed by atoms with E-state index in [-0.39, 0.29) is 12.3 Å². The van der Waals surface area contributed by atoms with Crippen molar-refractivity contribution in [3.05, 3.63) is 0 Å².